The molecule has 0 rings (SSSR count). The zero-order valence-corrected chi connectivity index (χ0v) is 33.7. The fraction of sp³-hybridized carbons (Fsp3) is 1.00. The van der Waals surface area contributed by atoms with Crippen LogP contribution >= 0.6 is 0 Å². The summed E-state index contributed by atoms with van der Waals surface area (Å²) in [6, 6.07) is 0. The maximum Gasteiger partial charge on any atom is 0.577 e. The summed E-state index contributed by atoms with van der Waals surface area (Å²) in [7, 11) is -1.63. The molecule has 0 aliphatic carbocycles. The highest BCUT2D eigenvalue weighted by Crippen LogP contribution is 2.38. The van der Waals surface area contributed by atoms with E-state index in [1.54, 1.807) is 0 Å². The SMILES string of the molecule is CCCCCCCCCCCCC(CCCCCCCCCCCC)(CCCCCCCCCCCC)CO[Si](OCC)OCC. The second-order valence-corrected chi connectivity index (χ2v) is 16.1. The first-order valence-electron chi connectivity index (χ1n) is 21.4. The van der Waals surface area contributed by atoms with Crippen LogP contribution in [0.15, 0.2) is 0 Å². The van der Waals surface area contributed by atoms with Gasteiger partial charge in [0.1, 0.15) is 0 Å². The Bertz CT molecular complexity index is 491. The molecule has 0 saturated carbocycles. The van der Waals surface area contributed by atoms with E-state index in [2.05, 4.69) is 34.6 Å². The van der Waals surface area contributed by atoms with Gasteiger partial charge in [0, 0.05) is 19.8 Å². The highest BCUT2D eigenvalue weighted by Gasteiger charge is 2.32. The zero-order chi connectivity index (χ0) is 33.7. The molecule has 0 fully saturated rings. The normalized spacial score (nSPS) is 12.1. The summed E-state index contributed by atoms with van der Waals surface area (Å²) in [5.41, 5.74) is 0.296. The summed E-state index contributed by atoms with van der Waals surface area (Å²) in [6.45, 7) is 13.3. The van der Waals surface area contributed by atoms with Crippen molar-refractivity contribution in [1.82, 2.24) is 0 Å². The number of rotatable bonds is 40. The third-order valence-electron chi connectivity index (χ3n) is 10.2. The smallest absolute Gasteiger partial charge is 0.371 e. The van der Waals surface area contributed by atoms with Crippen molar-refractivity contribution in [2.45, 2.75) is 247 Å². The van der Waals surface area contributed by atoms with Gasteiger partial charge in [0.2, 0.25) is 0 Å². The molecular weight excluding hydrogens is 581 g/mol. The van der Waals surface area contributed by atoms with E-state index in [4.69, 9.17) is 13.3 Å². The second kappa shape index (κ2) is 37.9. The minimum Gasteiger partial charge on any atom is -0.371 e. The van der Waals surface area contributed by atoms with Gasteiger partial charge in [-0.1, -0.05) is 213 Å². The van der Waals surface area contributed by atoms with Gasteiger partial charge >= 0.3 is 9.53 Å². The third kappa shape index (κ3) is 31.4. The molecule has 0 aromatic heterocycles. The molecule has 0 aromatic carbocycles. The fourth-order valence-electron chi connectivity index (χ4n) is 7.13. The average Bonchev–Trinajstić information content (AvgIpc) is 3.06. The lowest BCUT2D eigenvalue weighted by atomic mass is 9.74. The standard InChI is InChI=1S/C42H87O3Si/c1-6-11-14-17-20-23-26-29-32-35-38-42(41-45-46(43-9-4)44-10-5,39-36-33-30-27-24-21-18-15-12-7-2)40-37-34-31-28-25-22-19-16-13-8-3/h6-41H2,1-5H3. The molecule has 0 saturated heterocycles. The van der Waals surface area contributed by atoms with Crippen molar-refractivity contribution in [3.8, 4) is 0 Å². The predicted molar refractivity (Wildman–Crippen MR) is 207 cm³/mol. The molecule has 0 bridgehead atoms. The first-order valence-corrected chi connectivity index (χ1v) is 22.7. The molecule has 0 amide bonds. The first-order chi connectivity index (χ1) is 22.7. The Balaban J connectivity index is 4.99. The molecule has 0 spiro atoms. The van der Waals surface area contributed by atoms with E-state index in [9.17, 15) is 0 Å². The van der Waals surface area contributed by atoms with Gasteiger partial charge in [-0.2, -0.15) is 0 Å². The van der Waals surface area contributed by atoms with Crippen LogP contribution in [-0.4, -0.2) is 29.3 Å². The van der Waals surface area contributed by atoms with Gasteiger partial charge in [-0.25, -0.2) is 0 Å². The van der Waals surface area contributed by atoms with Gasteiger partial charge < -0.3 is 13.3 Å². The van der Waals surface area contributed by atoms with E-state index >= 15 is 0 Å². The van der Waals surface area contributed by atoms with E-state index < -0.39 is 9.53 Å². The Morgan fingerprint density at radius 2 is 0.543 bits per heavy atom. The largest absolute Gasteiger partial charge is 0.577 e. The number of hydrogen-bond acceptors (Lipinski definition) is 3. The van der Waals surface area contributed by atoms with Gasteiger partial charge in [-0.15, -0.1) is 0 Å². The van der Waals surface area contributed by atoms with E-state index in [1.165, 1.54) is 212 Å². The molecule has 0 atom stereocenters. The Hall–Kier alpha value is 0.0969. The molecule has 277 valence electrons. The van der Waals surface area contributed by atoms with Gasteiger partial charge in [0.25, 0.3) is 0 Å². The molecule has 0 N–H and O–H groups in total. The Morgan fingerprint density at radius 1 is 0.304 bits per heavy atom. The van der Waals surface area contributed by atoms with Crippen LogP contribution < -0.4 is 0 Å². The molecule has 0 aliphatic heterocycles. The van der Waals surface area contributed by atoms with Crippen LogP contribution in [0, 0.1) is 5.41 Å². The number of unbranched alkanes of at least 4 members (excludes halogenated alkanes) is 27. The van der Waals surface area contributed by atoms with Gasteiger partial charge in [0.15, 0.2) is 0 Å². The minimum atomic E-state index is -1.63. The van der Waals surface area contributed by atoms with Crippen molar-refractivity contribution in [3.05, 3.63) is 0 Å². The van der Waals surface area contributed by atoms with Gasteiger partial charge in [-0.3, -0.25) is 0 Å². The summed E-state index contributed by atoms with van der Waals surface area (Å²) >= 11 is 0. The van der Waals surface area contributed by atoms with Crippen LogP contribution in [-0.2, 0) is 13.3 Å². The average molecular weight is 668 g/mol. The predicted octanol–water partition coefficient (Wildman–Crippen LogP) is 15.0. The van der Waals surface area contributed by atoms with E-state index in [-0.39, 0.29) is 0 Å². The highest BCUT2D eigenvalue weighted by atomic mass is 28.3. The maximum atomic E-state index is 6.57. The van der Waals surface area contributed by atoms with Crippen LogP contribution in [0.3, 0.4) is 0 Å². The van der Waals surface area contributed by atoms with E-state index in [0.717, 1.165) is 6.61 Å². The lowest BCUT2D eigenvalue weighted by Crippen LogP contribution is -2.35. The van der Waals surface area contributed by atoms with Crippen LogP contribution in [0.5, 0.6) is 0 Å². The number of hydrogen-bond donors (Lipinski definition) is 0. The van der Waals surface area contributed by atoms with Crippen LogP contribution in [0.2, 0.25) is 0 Å². The second-order valence-electron chi connectivity index (χ2n) is 14.7. The van der Waals surface area contributed by atoms with Crippen molar-refractivity contribution in [3.63, 3.8) is 0 Å². The molecule has 3 nitrogen and oxygen atoms in total. The minimum absolute atomic E-state index is 0.296. The lowest BCUT2D eigenvalue weighted by molar-refractivity contribution is 0.0379. The molecule has 4 heteroatoms. The maximum absolute atomic E-state index is 6.57. The summed E-state index contributed by atoms with van der Waals surface area (Å²) in [5.74, 6) is 0. The Kier molecular flexibility index (Phi) is 38.0. The molecular formula is C42H87O3Si. The molecule has 0 unspecified atom stereocenters. The topological polar surface area (TPSA) is 27.7 Å². The van der Waals surface area contributed by atoms with E-state index in [1.807, 2.05) is 0 Å². The quantitative estimate of drug-likeness (QED) is 0.0481. The molecule has 0 aromatic rings. The van der Waals surface area contributed by atoms with Crippen molar-refractivity contribution < 1.29 is 13.3 Å². The van der Waals surface area contributed by atoms with Gasteiger partial charge in [0.05, 0.1) is 0 Å². The van der Waals surface area contributed by atoms with Crippen LogP contribution in [0.4, 0.5) is 0 Å². The highest BCUT2D eigenvalue weighted by molar-refractivity contribution is 6.36. The summed E-state index contributed by atoms with van der Waals surface area (Å²) in [6.07, 6.45) is 46.3. The van der Waals surface area contributed by atoms with Crippen molar-refractivity contribution in [1.29, 1.82) is 0 Å². The van der Waals surface area contributed by atoms with Crippen molar-refractivity contribution >= 4 is 9.53 Å². The molecule has 1 radical (unpaired) electrons. The van der Waals surface area contributed by atoms with Crippen molar-refractivity contribution in [2.75, 3.05) is 19.8 Å². The zero-order valence-electron chi connectivity index (χ0n) is 32.7. The first kappa shape index (κ1) is 46.1. The third-order valence-corrected chi connectivity index (χ3v) is 11.6. The lowest BCUT2D eigenvalue weighted by Gasteiger charge is -2.35. The molecule has 0 aliphatic rings. The van der Waals surface area contributed by atoms with E-state index in [0.29, 0.717) is 18.6 Å². The monoisotopic (exact) mass is 668 g/mol. The summed E-state index contributed by atoms with van der Waals surface area (Å²) in [4.78, 5) is 0. The Labute approximate surface area is 293 Å². The van der Waals surface area contributed by atoms with Crippen molar-refractivity contribution in [2.24, 2.45) is 5.41 Å². The Morgan fingerprint density at radius 3 is 0.783 bits per heavy atom. The summed E-state index contributed by atoms with van der Waals surface area (Å²) in [5, 5.41) is 0. The van der Waals surface area contributed by atoms with Gasteiger partial charge in [-0.05, 0) is 38.5 Å². The molecule has 0 heterocycles. The fourth-order valence-corrected chi connectivity index (χ4v) is 8.27. The van der Waals surface area contributed by atoms with Crippen LogP contribution in [0.25, 0.3) is 0 Å². The van der Waals surface area contributed by atoms with Crippen LogP contribution in [0.1, 0.15) is 247 Å². The summed E-state index contributed by atoms with van der Waals surface area (Å²) < 4.78 is 18.5. The molecule has 46 heavy (non-hydrogen) atoms.